The van der Waals surface area contributed by atoms with Gasteiger partial charge in [-0.05, 0) is 43.9 Å². The quantitative estimate of drug-likeness (QED) is 0.796. The van der Waals surface area contributed by atoms with Crippen molar-refractivity contribution in [3.8, 4) is 0 Å². The van der Waals surface area contributed by atoms with Crippen LogP contribution in [0.5, 0.6) is 0 Å². The molecule has 1 aromatic rings. The molecule has 3 rings (SSSR count). The van der Waals surface area contributed by atoms with Gasteiger partial charge in [-0.3, -0.25) is 4.90 Å². The number of carbonyl (C=O) groups is 1. The highest BCUT2D eigenvalue weighted by Gasteiger charge is 2.43. The first kappa shape index (κ1) is 16.6. The molecule has 7 nitrogen and oxygen atoms in total. The van der Waals surface area contributed by atoms with Crippen LogP contribution < -0.4 is 16.4 Å². The molecule has 2 aliphatic rings. The van der Waals surface area contributed by atoms with Gasteiger partial charge in [-0.15, -0.1) is 0 Å². The summed E-state index contributed by atoms with van der Waals surface area (Å²) < 4.78 is 4.89. The Kier molecular flexibility index (Phi) is 4.36. The number of ether oxygens (including phenoxy) is 1. The molecule has 0 unspecified atom stereocenters. The van der Waals surface area contributed by atoms with Gasteiger partial charge in [-0.2, -0.15) is 4.99 Å². The van der Waals surface area contributed by atoms with Crippen LogP contribution in [-0.4, -0.2) is 30.7 Å². The Labute approximate surface area is 145 Å². The molecule has 4 N–H and O–H groups in total. The third-order valence-electron chi connectivity index (χ3n) is 4.46. The Hall–Kier alpha value is -2.28. The second-order valence-electron chi connectivity index (χ2n) is 5.97. The zero-order chi connectivity index (χ0) is 17.3. The number of halogens is 1. The molecular formula is C16H20ClN5O2. The van der Waals surface area contributed by atoms with E-state index in [1.807, 2.05) is 0 Å². The molecule has 1 aliphatic carbocycles. The van der Waals surface area contributed by atoms with Crippen molar-refractivity contribution in [2.24, 2.45) is 21.5 Å². The number of hydrogen-bond acceptors (Lipinski definition) is 7. The van der Waals surface area contributed by atoms with Gasteiger partial charge >= 0.3 is 5.97 Å². The van der Waals surface area contributed by atoms with Crippen LogP contribution in [0, 0.1) is 0 Å². The summed E-state index contributed by atoms with van der Waals surface area (Å²) in [4.78, 5) is 22.7. The van der Waals surface area contributed by atoms with Crippen molar-refractivity contribution in [2.45, 2.75) is 37.8 Å². The van der Waals surface area contributed by atoms with E-state index in [1.165, 1.54) is 7.11 Å². The lowest BCUT2D eigenvalue weighted by Crippen LogP contribution is -2.58. The van der Waals surface area contributed by atoms with E-state index >= 15 is 0 Å². The SMILES string of the molecule is COC(=O)c1ccc(Cl)cc1N1C(N)=NC(N)=NC12CCCCC2. The number of hydrogen-bond donors (Lipinski definition) is 2. The molecule has 128 valence electrons. The number of benzene rings is 1. The van der Waals surface area contributed by atoms with Gasteiger partial charge in [-0.25, -0.2) is 9.79 Å². The number of nitrogens with zero attached hydrogens (tertiary/aromatic N) is 3. The molecule has 0 bridgehead atoms. The number of carbonyl (C=O) groups excluding carboxylic acids is 1. The van der Waals surface area contributed by atoms with E-state index in [0.29, 0.717) is 16.3 Å². The van der Waals surface area contributed by atoms with Crippen LogP contribution in [0.4, 0.5) is 5.69 Å². The molecule has 0 radical (unpaired) electrons. The minimum atomic E-state index is -0.637. The zero-order valence-electron chi connectivity index (χ0n) is 13.5. The normalized spacial score (nSPS) is 19.7. The highest BCUT2D eigenvalue weighted by molar-refractivity contribution is 6.31. The highest BCUT2D eigenvalue weighted by Crippen LogP contribution is 2.41. The van der Waals surface area contributed by atoms with Gasteiger partial charge in [0.15, 0.2) is 0 Å². The average Bonchev–Trinajstić information content (AvgIpc) is 2.54. The lowest BCUT2D eigenvalue weighted by molar-refractivity contribution is 0.0601. The van der Waals surface area contributed by atoms with Crippen molar-refractivity contribution in [1.29, 1.82) is 0 Å². The highest BCUT2D eigenvalue weighted by atomic mass is 35.5. The molecule has 1 saturated carbocycles. The number of esters is 1. The third kappa shape index (κ3) is 2.80. The zero-order valence-corrected chi connectivity index (χ0v) is 14.2. The molecule has 0 aromatic heterocycles. The number of aliphatic imine (C=N–C) groups is 2. The smallest absolute Gasteiger partial charge is 0.339 e. The molecule has 1 spiro atoms. The van der Waals surface area contributed by atoms with E-state index in [1.54, 1.807) is 23.1 Å². The number of rotatable bonds is 2. The van der Waals surface area contributed by atoms with Crippen molar-refractivity contribution in [2.75, 3.05) is 12.0 Å². The van der Waals surface area contributed by atoms with E-state index < -0.39 is 11.6 Å². The first-order valence-corrected chi connectivity index (χ1v) is 8.22. The summed E-state index contributed by atoms with van der Waals surface area (Å²) in [6, 6.07) is 4.94. The van der Waals surface area contributed by atoms with Gasteiger partial charge in [0.2, 0.25) is 11.9 Å². The number of nitrogens with two attached hydrogens (primary N) is 2. The van der Waals surface area contributed by atoms with Crippen molar-refractivity contribution in [3.63, 3.8) is 0 Å². The Bertz CT molecular complexity index is 725. The Morgan fingerprint density at radius 2 is 2.00 bits per heavy atom. The second kappa shape index (κ2) is 6.32. The summed E-state index contributed by atoms with van der Waals surface area (Å²) >= 11 is 6.17. The van der Waals surface area contributed by atoms with Gasteiger partial charge in [0.1, 0.15) is 5.66 Å². The third-order valence-corrected chi connectivity index (χ3v) is 4.69. The molecule has 0 atom stereocenters. The van der Waals surface area contributed by atoms with Crippen LogP contribution in [0.1, 0.15) is 42.5 Å². The molecule has 0 amide bonds. The molecule has 1 aromatic carbocycles. The summed E-state index contributed by atoms with van der Waals surface area (Å²) in [5.74, 6) is -0.105. The molecular weight excluding hydrogens is 330 g/mol. The number of guanidine groups is 2. The van der Waals surface area contributed by atoms with E-state index in [4.69, 9.17) is 27.8 Å². The molecule has 0 saturated heterocycles. The second-order valence-corrected chi connectivity index (χ2v) is 6.41. The summed E-state index contributed by atoms with van der Waals surface area (Å²) in [5.41, 5.74) is 12.3. The standard InChI is InChI=1S/C16H20ClN5O2/c1-24-13(23)11-6-5-10(17)9-12(11)22-15(19)20-14(18)21-16(22)7-3-2-4-8-16/h5-6,9H,2-4,7-8H2,1H3,(H4,18,19,20,21). The molecule has 1 fully saturated rings. The Balaban J connectivity index is 2.17. The molecule has 1 heterocycles. The van der Waals surface area contributed by atoms with E-state index in [9.17, 15) is 4.79 Å². The van der Waals surface area contributed by atoms with E-state index in [0.717, 1.165) is 32.1 Å². The van der Waals surface area contributed by atoms with Gasteiger partial charge < -0.3 is 16.2 Å². The number of methoxy groups -OCH3 is 1. The van der Waals surface area contributed by atoms with Crippen molar-refractivity contribution in [3.05, 3.63) is 28.8 Å². The predicted octanol–water partition coefficient (Wildman–Crippen LogP) is 2.24. The fourth-order valence-corrected chi connectivity index (χ4v) is 3.61. The summed E-state index contributed by atoms with van der Waals surface area (Å²) in [5, 5.41) is 0.485. The predicted molar refractivity (Wildman–Crippen MR) is 94.3 cm³/mol. The Morgan fingerprint density at radius 3 is 2.67 bits per heavy atom. The van der Waals surface area contributed by atoms with Crippen molar-refractivity contribution in [1.82, 2.24) is 0 Å². The van der Waals surface area contributed by atoms with E-state index in [-0.39, 0.29) is 11.9 Å². The van der Waals surface area contributed by atoms with E-state index in [2.05, 4.69) is 9.98 Å². The maximum absolute atomic E-state index is 12.2. The van der Waals surface area contributed by atoms with Crippen LogP contribution in [0.3, 0.4) is 0 Å². The van der Waals surface area contributed by atoms with Crippen LogP contribution in [-0.2, 0) is 4.74 Å². The van der Waals surface area contributed by atoms with Crippen molar-refractivity contribution < 1.29 is 9.53 Å². The molecule has 24 heavy (non-hydrogen) atoms. The van der Waals surface area contributed by atoms with Crippen LogP contribution >= 0.6 is 11.6 Å². The summed E-state index contributed by atoms with van der Waals surface area (Å²) in [7, 11) is 1.33. The van der Waals surface area contributed by atoms with Gasteiger partial charge in [0, 0.05) is 5.02 Å². The van der Waals surface area contributed by atoms with Crippen LogP contribution in [0.15, 0.2) is 28.2 Å². The van der Waals surface area contributed by atoms with Gasteiger partial charge in [0.05, 0.1) is 18.4 Å². The monoisotopic (exact) mass is 349 g/mol. The van der Waals surface area contributed by atoms with Gasteiger partial charge in [-0.1, -0.05) is 18.0 Å². The lowest BCUT2D eigenvalue weighted by Gasteiger charge is -2.46. The fourth-order valence-electron chi connectivity index (χ4n) is 3.44. The molecule has 1 aliphatic heterocycles. The maximum atomic E-state index is 12.2. The first-order valence-electron chi connectivity index (χ1n) is 7.84. The molecule has 8 heteroatoms. The Morgan fingerprint density at radius 1 is 1.29 bits per heavy atom. The number of anilines is 1. The lowest BCUT2D eigenvalue weighted by atomic mass is 9.87. The first-order chi connectivity index (χ1) is 11.5. The minimum absolute atomic E-state index is 0.160. The summed E-state index contributed by atoms with van der Waals surface area (Å²) in [6.07, 6.45) is 4.67. The van der Waals surface area contributed by atoms with Gasteiger partial charge in [0.25, 0.3) is 0 Å². The average molecular weight is 350 g/mol. The largest absolute Gasteiger partial charge is 0.465 e. The fraction of sp³-hybridized carbons (Fsp3) is 0.438. The van der Waals surface area contributed by atoms with Crippen molar-refractivity contribution >= 4 is 35.2 Å². The topological polar surface area (TPSA) is 106 Å². The van der Waals surface area contributed by atoms with Crippen LogP contribution in [0.25, 0.3) is 0 Å². The minimum Gasteiger partial charge on any atom is -0.465 e. The maximum Gasteiger partial charge on any atom is 0.339 e. The van der Waals surface area contributed by atoms with Crippen LogP contribution in [0.2, 0.25) is 5.02 Å². The summed E-state index contributed by atoms with van der Waals surface area (Å²) in [6.45, 7) is 0.